The molecule has 1 aromatic heterocycles. The normalized spacial score (nSPS) is 12.8. The molecule has 0 aliphatic rings. The Morgan fingerprint density at radius 3 is 2.86 bits per heavy atom. The third kappa shape index (κ3) is 4.15. The summed E-state index contributed by atoms with van der Waals surface area (Å²) in [4.78, 5) is 15.9. The summed E-state index contributed by atoms with van der Waals surface area (Å²) < 4.78 is 26.6. The minimum atomic E-state index is -2.61. The summed E-state index contributed by atoms with van der Waals surface area (Å²) in [5.41, 5.74) is 1.18. The number of carbonyl (C=O) groups is 1. The van der Waals surface area contributed by atoms with Crippen molar-refractivity contribution in [2.45, 2.75) is 30.5 Å². The highest BCUT2D eigenvalue weighted by molar-refractivity contribution is 7.99. The van der Waals surface area contributed by atoms with Gasteiger partial charge in [0, 0.05) is 6.54 Å². The van der Waals surface area contributed by atoms with Gasteiger partial charge in [-0.25, -0.2) is 4.98 Å². The molecular formula is C13H15F2N3O2S. The Labute approximate surface area is 124 Å². The number of halogens is 2. The lowest BCUT2D eigenvalue weighted by Crippen LogP contribution is -2.33. The van der Waals surface area contributed by atoms with Gasteiger partial charge in [0.05, 0.1) is 17.1 Å². The van der Waals surface area contributed by atoms with Crippen LogP contribution in [0.15, 0.2) is 29.4 Å². The third-order valence-corrected chi connectivity index (χ3v) is 3.41. The first-order valence-corrected chi connectivity index (χ1v) is 7.20. The van der Waals surface area contributed by atoms with Gasteiger partial charge < -0.3 is 15.0 Å². The highest BCUT2D eigenvalue weighted by Crippen LogP contribution is 2.28. The number of benzene rings is 1. The predicted octanol–water partition coefficient (Wildman–Crippen LogP) is 1.85. The Kier molecular flexibility index (Phi) is 5.13. The Balaban J connectivity index is 2.25. The van der Waals surface area contributed by atoms with Crippen molar-refractivity contribution in [3.63, 3.8) is 0 Å². The zero-order valence-electron chi connectivity index (χ0n) is 11.3. The monoisotopic (exact) mass is 315 g/mol. The van der Waals surface area contributed by atoms with Crippen molar-refractivity contribution in [2.75, 3.05) is 6.54 Å². The number of aliphatic hydroxyl groups is 1. The molecule has 0 aliphatic carbocycles. The average molecular weight is 315 g/mol. The van der Waals surface area contributed by atoms with E-state index in [4.69, 9.17) is 5.11 Å². The Bertz CT molecular complexity index is 631. The van der Waals surface area contributed by atoms with Crippen molar-refractivity contribution < 1.29 is 18.7 Å². The SMILES string of the molecule is C[C@@H](O)CNC(=O)Cn1c(SC(F)F)nc2ccccc21. The van der Waals surface area contributed by atoms with Crippen LogP contribution in [-0.2, 0) is 11.3 Å². The average Bonchev–Trinajstić information content (AvgIpc) is 2.74. The summed E-state index contributed by atoms with van der Waals surface area (Å²) in [5, 5.41) is 11.8. The van der Waals surface area contributed by atoms with Gasteiger partial charge in [-0.1, -0.05) is 12.1 Å². The Hall–Kier alpha value is -1.67. The van der Waals surface area contributed by atoms with Gasteiger partial charge in [-0.3, -0.25) is 4.79 Å². The lowest BCUT2D eigenvalue weighted by Gasteiger charge is -2.10. The molecule has 0 spiro atoms. The molecule has 0 unspecified atom stereocenters. The maximum absolute atomic E-state index is 12.6. The van der Waals surface area contributed by atoms with Crippen molar-refractivity contribution in [1.82, 2.24) is 14.9 Å². The number of hydrogen-bond acceptors (Lipinski definition) is 4. The first-order chi connectivity index (χ1) is 9.97. The quantitative estimate of drug-likeness (QED) is 0.798. The minimum Gasteiger partial charge on any atom is -0.392 e. The predicted molar refractivity (Wildman–Crippen MR) is 76.3 cm³/mol. The molecule has 0 radical (unpaired) electrons. The van der Waals surface area contributed by atoms with E-state index >= 15 is 0 Å². The molecule has 5 nitrogen and oxygen atoms in total. The Morgan fingerprint density at radius 2 is 2.19 bits per heavy atom. The molecule has 0 aliphatic heterocycles. The number of nitrogens with zero attached hydrogens (tertiary/aromatic N) is 2. The van der Waals surface area contributed by atoms with E-state index in [1.807, 2.05) is 0 Å². The van der Waals surface area contributed by atoms with Crippen LogP contribution in [0.5, 0.6) is 0 Å². The first kappa shape index (κ1) is 15.7. The molecule has 114 valence electrons. The number of alkyl halides is 2. The van der Waals surface area contributed by atoms with E-state index in [9.17, 15) is 13.6 Å². The van der Waals surface area contributed by atoms with E-state index in [1.165, 1.54) is 4.57 Å². The van der Waals surface area contributed by atoms with Crippen LogP contribution in [0.25, 0.3) is 11.0 Å². The number of imidazole rings is 1. The van der Waals surface area contributed by atoms with Crippen molar-refractivity contribution in [1.29, 1.82) is 0 Å². The smallest absolute Gasteiger partial charge is 0.291 e. The number of hydrogen-bond donors (Lipinski definition) is 2. The molecule has 1 aromatic carbocycles. The molecule has 1 atom stereocenters. The number of aromatic nitrogens is 2. The largest absolute Gasteiger partial charge is 0.392 e. The van der Waals surface area contributed by atoms with Crippen LogP contribution in [0.2, 0.25) is 0 Å². The van der Waals surface area contributed by atoms with Crippen molar-refractivity contribution in [2.24, 2.45) is 0 Å². The molecule has 2 rings (SSSR count). The fourth-order valence-electron chi connectivity index (χ4n) is 1.84. The van der Waals surface area contributed by atoms with Crippen molar-refractivity contribution >= 4 is 28.7 Å². The number of amides is 1. The van der Waals surface area contributed by atoms with Gasteiger partial charge in [-0.15, -0.1) is 0 Å². The van der Waals surface area contributed by atoms with Crippen molar-refractivity contribution in [3.8, 4) is 0 Å². The fourth-order valence-corrected chi connectivity index (χ4v) is 2.44. The number of aliphatic hydroxyl groups excluding tert-OH is 1. The number of fused-ring (bicyclic) bond motifs is 1. The van der Waals surface area contributed by atoms with E-state index in [0.29, 0.717) is 22.8 Å². The second kappa shape index (κ2) is 6.86. The number of nitrogens with one attached hydrogen (secondary N) is 1. The number of thioether (sulfide) groups is 1. The molecular weight excluding hydrogens is 300 g/mol. The van der Waals surface area contributed by atoms with Gasteiger partial charge >= 0.3 is 0 Å². The third-order valence-electron chi connectivity index (χ3n) is 2.71. The van der Waals surface area contributed by atoms with E-state index in [1.54, 1.807) is 31.2 Å². The second-order valence-electron chi connectivity index (χ2n) is 4.50. The second-order valence-corrected chi connectivity index (χ2v) is 5.46. The molecule has 1 heterocycles. The van der Waals surface area contributed by atoms with Crippen LogP contribution in [0.4, 0.5) is 8.78 Å². The molecule has 2 aromatic rings. The maximum atomic E-state index is 12.6. The number of carbonyl (C=O) groups excluding carboxylic acids is 1. The van der Waals surface area contributed by atoms with Crippen LogP contribution in [-0.4, -0.2) is 39.0 Å². The zero-order valence-corrected chi connectivity index (χ0v) is 12.1. The summed E-state index contributed by atoms with van der Waals surface area (Å²) in [7, 11) is 0. The van der Waals surface area contributed by atoms with Crippen LogP contribution in [0, 0.1) is 0 Å². The molecule has 21 heavy (non-hydrogen) atoms. The highest BCUT2D eigenvalue weighted by atomic mass is 32.2. The van der Waals surface area contributed by atoms with Gasteiger partial charge in [0.25, 0.3) is 5.76 Å². The highest BCUT2D eigenvalue weighted by Gasteiger charge is 2.17. The molecule has 1 amide bonds. The molecule has 0 saturated heterocycles. The summed E-state index contributed by atoms with van der Waals surface area (Å²) in [6.07, 6.45) is -0.664. The number of rotatable bonds is 6. The van der Waals surface area contributed by atoms with Gasteiger partial charge in [-0.2, -0.15) is 8.78 Å². The summed E-state index contributed by atoms with van der Waals surface area (Å²) in [6, 6.07) is 6.93. The molecule has 2 N–H and O–H groups in total. The van der Waals surface area contributed by atoms with E-state index in [-0.39, 0.29) is 24.2 Å². The zero-order chi connectivity index (χ0) is 15.4. The fraction of sp³-hybridized carbons (Fsp3) is 0.385. The topological polar surface area (TPSA) is 67.2 Å². The van der Waals surface area contributed by atoms with Crippen LogP contribution in [0.3, 0.4) is 0 Å². The van der Waals surface area contributed by atoms with Gasteiger partial charge in [0.1, 0.15) is 6.54 Å². The maximum Gasteiger partial charge on any atom is 0.291 e. The molecule has 0 saturated carbocycles. The van der Waals surface area contributed by atoms with Crippen LogP contribution in [0.1, 0.15) is 6.92 Å². The minimum absolute atomic E-state index is 0.0957. The summed E-state index contributed by atoms with van der Waals surface area (Å²) in [5.74, 6) is -2.98. The summed E-state index contributed by atoms with van der Waals surface area (Å²) >= 11 is 0.306. The van der Waals surface area contributed by atoms with Gasteiger partial charge in [0.2, 0.25) is 5.91 Å². The van der Waals surface area contributed by atoms with E-state index < -0.39 is 11.9 Å². The van der Waals surface area contributed by atoms with Crippen molar-refractivity contribution in [3.05, 3.63) is 24.3 Å². The van der Waals surface area contributed by atoms with Crippen LogP contribution >= 0.6 is 11.8 Å². The first-order valence-electron chi connectivity index (χ1n) is 6.32. The molecule has 0 fully saturated rings. The van der Waals surface area contributed by atoms with Gasteiger partial charge in [0.15, 0.2) is 5.16 Å². The lowest BCUT2D eigenvalue weighted by molar-refractivity contribution is -0.122. The Morgan fingerprint density at radius 1 is 1.48 bits per heavy atom. The molecule has 0 bridgehead atoms. The molecule has 8 heteroatoms. The van der Waals surface area contributed by atoms with E-state index in [2.05, 4.69) is 10.3 Å². The van der Waals surface area contributed by atoms with Crippen LogP contribution < -0.4 is 5.32 Å². The number of para-hydroxylation sites is 2. The lowest BCUT2D eigenvalue weighted by atomic mass is 10.3. The van der Waals surface area contributed by atoms with E-state index in [0.717, 1.165) is 0 Å². The summed E-state index contributed by atoms with van der Waals surface area (Å²) in [6.45, 7) is 1.54. The van der Waals surface area contributed by atoms with Gasteiger partial charge in [-0.05, 0) is 30.8 Å². The standard InChI is InChI=1S/C13H15F2N3O2S/c1-8(19)6-16-11(20)7-18-10-5-3-2-4-9(10)17-13(18)21-12(14)15/h2-5,8,12,19H,6-7H2,1H3,(H,16,20)/t8-/m1/s1.